The highest BCUT2D eigenvalue weighted by atomic mass is 16.3. The fourth-order valence-corrected chi connectivity index (χ4v) is 1.67. The van der Waals surface area contributed by atoms with Gasteiger partial charge in [-0.05, 0) is 38.3 Å². The number of carbonyl (C=O) groups is 1. The molecule has 0 spiro atoms. The average Bonchev–Trinajstić information content (AvgIpc) is 2.37. The lowest BCUT2D eigenvalue weighted by molar-refractivity contribution is -0.124. The lowest BCUT2D eigenvalue weighted by atomic mass is 9.97. The van der Waals surface area contributed by atoms with Crippen molar-refractivity contribution < 1.29 is 9.90 Å². The van der Waals surface area contributed by atoms with Crippen LogP contribution >= 0.6 is 0 Å². The smallest absolute Gasteiger partial charge is 0.227 e. The Morgan fingerprint density at radius 2 is 1.89 bits per heavy atom. The molecule has 1 rings (SSSR count). The van der Waals surface area contributed by atoms with Gasteiger partial charge in [0.25, 0.3) is 0 Å². The molecule has 1 amide bonds. The van der Waals surface area contributed by atoms with Crippen LogP contribution in [0.1, 0.15) is 44.7 Å². The van der Waals surface area contributed by atoms with E-state index in [2.05, 4.69) is 24.4 Å². The van der Waals surface area contributed by atoms with Crippen LogP contribution < -0.4 is 5.32 Å². The number of aryl methyl sites for hydroxylation is 1. The second kappa shape index (κ2) is 6.01. The number of carbonyl (C=O) groups excluding carboxylic acids is 1. The number of aliphatic hydroxyl groups excluding tert-OH is 1. The van der Waals surface area contributed by atoms with Crippen molar-refractivity contribution in [3.8, 4) is 0 Å². The molecular formula is C15H23NO2. The lowest BCUT2D eigenvalue weighted by Gasteiger charge is -2.25. The van der Waals surface area contributed by atoms with Gasteiger partial charge in [0, 0.05) is 0 Å². The van der Waals surface area contributed by atoms with Crippen molar-refractivity contribution in [2.24, 2.45) is 0 Å². The summed E-state index contributed by atoms with van der Waals surface area (Å²) in [5.41, 5.74) is 1.69. The summed E-state index contributed by atoms with van der Waals surface area (Å²) in [5, 5.41) is 12.0. The van der Waals surface area contributed by atoms with Gasteiger partial charge in [0.2, 0.25) is 5.91 Å². The third-order valence-corrected chi connectivity index (χ3v) is 3.14. The molecule has 100 valence electrons. The maximum atomic E-state index is 12.1. The first-order valence-corrected chi connectivity index (χ1v) is 6.41. The molecule has 0 aliphatic heterocycles. The van der Waals surface area contributed by atoms with E-state index in [1.54, 1.807) is 13.8 Å². The normalized spacial score (nSPS) is 13.2. The van der Waals surface area contributed by atoms with Crippen molar-refractivity contribution in [2.45, 2.75) is 45.6 Å². The van der Waals surface area contributed by atoms with Crippen molar-refractivity contribution in [1.29, 1.82) is 0 Å². The third kappa shape index (κ3) is 3.84. The molecule has 0 aromatic heterocycles. The summed E-state index contributed by atoms with van der Waals surface area (Å²) < 4.78 is 0. The summed E-state index contributed by atoms with van der Waals surface area (Å²) in [6, 6.07) is 8.09. The van der Waals surface area contributed by atoms with E-state index in [9.17, 15) is 4.79 Å². The second-order valence-corrected chi connectivity index (χ2v) is 5.35. The van der Waals surface area contributed by atoms with Gasteiger partial charge in [-0.1, -0.05) is 31.2 Å². The van der Waals surface area contributed by atoms with Crippen molar-refractivity contribution in [2.75, 3.05) is 6.61 Å². The molecular weight excluding hydrogens is 226 g/mol. The van der Waals surface area contributed by atoms with Crippen molar-refractivity contribution in [1.82, 2.24) is 5.32 Å². The average molecular weight is 249 g/mol. The van der Waals surface area contributed by atoms with Gasteiger partial charge in [-0.25, -0.2) is 0 Å². The van der Waals surface area contributed by atoms with Crippen LogP contribution in [0.3, 0.4) is 0 Å². The molecule has 1 atom stereocenters. The summed E-state index contributed by atoms with van der Waals surface area (Å²) >= 11 is 0. The minimum atomic E-state index is -0.575. The van der Waals surface area contributed by atoms with E-state index in [1.165, 1.54) is 5.56 Å². The molecule has 2 N–H and O–H groups in total. The van der Waals surface area contributed by atoms with Crippen molar-refractivity contribution in [3.05, 3.63) is 35.4 Å². The monoisotopic (exact) mass is 249 g/mol. The largest absolute Gasteiger partial charge is 0.394 e. The molecule has 0 saturated heterocycles. The predicted octanol–water partition coefficient (Wildman–Crippen LogP) is 2.24. The van der Waals surface area contributed by atoms with Gasteiger partial charge in [-0.2, -0.15) is 0 Å². The Morgan fingerprint density at radius 1 is 1.33 bits per heavy atom. The van der Waals surface area contributed by atoms with E-state index in [0.717, 1.165) is 12.0 Å². The standard InChI is InChI=1S/C15H23NO2/c1-5-12-6-8-13(9-7-12)11(2)14(18)16-15(3,4)10-17/h6-9,11,17H,5,10H2,1-4H3,(H,16,18). The number of hydrogen-bond acceptors (Lipinski definition) is 2. The molecule has 0 saturated carbocycles. The Hall–Kier alpha value is -1.35. The Bertz CT molecular complexity index is 395. The van der Waals surface area contributed by atoms with Gasteiger partial charge < -0.3 is 10.4 Å². The molecule has 1 aromatic rings. The quantitative estimate of drug-likeness (QED) is 0.841. The van der Waals surface area contributed by atoms with Crippen molar-refractivity contribution >= 4 is 5.91 Å². The molecule has 0 fully saturated rings. The van der Waals surface area contributed by atoms with Crippen LogP contribution in [0, 0.1) is 0 Å². The van der Waals surface area contributed by atoms with Crippen LogP contribution in [0.4, 0.5) is 0 Å². The summed E-state index contributed by atoms with van der Waals surface area (Å²) in [5.74, 6) is -0.264. The summed E-state index contributed by atoms with van der Waals surface area (Å²) in [6.07, 6.45) is 0.998. The number of rotatable bonds is 5. The summed E-state index contributed by atoms with van der Waals surface area (Å²) in [4.78, 5) is 12.1. The third-order valence-electron chi connectivity index (χ3n) is 3.14. The Balaban J connectivity index is 2.73. The zero-order valence-electron chi connectivity index (χ0n) is 11.7. The molecule has 1 aromatic carbocycles. The first kappa shape index (κ1) is 14.7. The first-order valence-electron chi connectivity index (χ1n) is 6.41. The number of benzene rings is 1. The highest BCUT2D eigenvalue weighted by molar-refractivity contribution is 5.83. The summed E-state index contributed by atoms with van der Waals surface area (Å²) in [6.45, 7) is 7.52. The summed E-state index contributed by atoms with van der Waals surface area (Å²) in [7, 11) is 0. The van der Waals surface area contributed by atoms with Crippen molar-refractivity contribution in [3.63, 3.8) is 0 Å². The number of aliphatic hydroxyl groups is 1. The number of amides is 1. The van der Waals surface area contributed by atoms with Gasteiger partial charge in [-0.15, -0.1) is 0 Å². The molecule has 1 unspecified atom stereocenters. The minimum Gasteiger partial charge on any atom is -0.394 e. The van der Waals surface area contributed by atoms with E-state index in [0.29, 0.717) is 0 Å². The molecule has 3 heteroatoms. The fourth-order valence-electron chi connectivity index (χ4n) is 1.67. The lowest BCUT2D eigenvalue weighted by Crippen LogP contribution is -2.47. The van der Waals surface area contributed by atoms with E-state index >= 15 is 0 Å². The molecule has 0 bridgehead atoms. The van der Waals surface area contributed by atoms with Crippen LogP contribution in [-0.4, -0.2) is 23.2 Å². The van der Waals surface area contributed by atoms with E-state index in [1.807, 2.05) is 19.1 Å². The van der Waals surface area contributed by atoms with E-state index in [-0.39, 0.29) is 18.4 Å². The molecule has 3 nitrogen and oxygen atoms in total. The number of hydrogen-bond donors (Lipinski definition) is 2. The highest BCUT2D eigenvalue weighted by Crippen LogP contribution is 2.17. The Morgan fingerprint density at radius 3 is 2.33 bits per heavy atom. The van der Waals surface area contributed by atoms with Gasteiger partial charge in [0.1, 0.15) is 0 Å². The van der Waals surface area contributed by atoms with Crippen LogP contribution in [-0.2, 0) is 11.2 Å². The SMILES string of the molecule is CCc1ccc(C(C)C(=O)NC(C)(C)CO)cc1. The van der Waals surface area contributed by atoms with Crippen LogP contribution in [0.2, 0.25) is 0 Å². The Labute approximate surface area is 109 Å². The van der Waals surface area contributed by atoms with Gasteiger partial charge in [0.05, 0.1) is 18.1 Å². The molecule has 0 aliphatic rings. The van der Waals surface area contributed by atoms with Crippen LogP contribution in [0.5, 0.6) is 0 Å². The highest BCUT2D eigenvalue weighted by Gasteiger charge is 2.23. The molecule has 0 radical (unpaired) electrons. The van der Waals surface area contributed by atoms with Crippen LogP contribution in [0.15, 0.2) is 24.3 Å². The zero-order valence-corrected chi connectivity index (χ0v) is 11.7. The number of nitrogens with one attached hydrogen (secondary N) is 1. The maximum absolute atomic E-state index is 12.1. The van der Waals surface area contributed by atoms with Crippen LogP contribution in [0.25, 0.3) is 0 Å². The second-order valence-electron chi connectivity index (χ2n) is 5.35. The molecule has 0 aliphatic carbocycles. The maximum Gasteiger partial charge on any atom is 0.227 e. The minimum absolute atomic E-state index is 0.0571. The van der Waals surface area contributed by atoms with Gasteiger partial charge in [-0.3, -0.25) is 4.79 Å². The molecule has 0 heterocycles. The van der Waals surface area contributed by atoms with E-state index in [4.69, 9.17) is 5.11 Å². The van der Waals surface area contributed by atoms with E-state index < -0.39 is 5.54 Å². The Kier molecular flexibility index (Phi) is 4.91. The molecule has 18 heavy (non-hydrogen) atoms. The first-order chi connectivity index (χ1) is 8.39. The topological polar surface area (TPSA) is 49.3 Å². The fraction of sp³-hybridized carbons (Fsp3) is 0.533. The van der Waals surface area contributed by atoms with Gasteiger partial charge in [0.15, 0.2) is 0 Å². The van der Waals surface area contributed by atoms with Gasteiger partial charge >= 0.3 is 0 Å². The zero-order chi connectivity index (χ0) is 13.8. The predicted molar refractivity (Wildman–Crippen MR) is 73.5 cm³/mol.